The first-order valence-electron chi connectivity index (χ1n) is 3.80. The Morgan fingerprint density at radius 2 is 1.15 bits per heavy atom. The predicted octanol–water partition coefficient (Wildman–Crippen LogP) is -5.26. The fourth-order valence-corrected chi connectivity index (χ4v) is 0.691. The van der Waals surface area contributed by atoms with Crippen molar-refractivity contribution < 1.29 is 91.3 Å². The van der Waals surface area contributed by atoms with Crippen molar-refractivity contribution in [3.63, 3.8) is 0 Å². The molecule has 0 rings (SSSR count). The molecule has 0 radical (unpaired) electrons. The van der Waals surface area contributed by atoms with Gasteiger partial charge in [-0.2, -0.15) is 0 Å². The van der Waals surface area contributed by atoms with Gasteiger partial charge in [-0.15, -0.1) is 0 Å². The van der Waals surface area contributed by atoms with Gasteiger partial charge in [0.25, 0.3) is 0 Å². The number of carbonyl (C=O) groups excluding carboxylic acids is 2. The minimum Gasteiger partial charge on any atom is -0.759 e. The third-order valence-corrected chi connectivity index (χ3v) is 1.27. The Kier molecular flexibility index (Phi) is 15.5. The van der Waals surface area contributed by atoms with E-state index in [9.17, 15) is 24.6 Å². The molecular formula is C6H6O11SZn2. The molecule has 0 aromatic rings. The Bertz CT molecular complexity index is 406. The molecular weight excluding hydrogens is 411 g/mol. The topological polar surface area (TPSA) is 218 Å². The van der Waals surface area contributed by atoms with Crippen molar-refractivity contribution in [1.82, 2.24) is 0 Å². The van der Waals surface area contributed by atoms with Gasteiger partial charge < -0.3 is 39.1 Å². The summed E-state index contributed by atoms with van der Waals surface area (Å²) in [7, 11) is -5.17. The molecule has 0 aromatic heterocycles. The summed E-state index contributed by atoms with van der Waals surface area (Å²) >= 11 is 0. The zero-order valence-electron chi connectivity index (χ0n) is 9.81. The normalized spacial score (nSPS) is 9.95. The van der Waals surface area contributed by atoms with E-state index in [2.05, 4.69) is 0 Å². The first-order valence-corrected chi connectivity index (χ1v) is 5.13. The van der Waals surface area contributed by atoms with E-state index in [-0.39, 0.29) is 39.0 Å². The number of aliphatic hydroxyl groups is 1. The van der Waals surface area contributed by atoms with Gasteiger partial charge in [0, 0.05) is 35.2 Å². The van der Waals surface area contributed by atoms with Crippen LogP contribution in [-0.2, 0) is 63.7 Å². The predicted molar refractivity (Wildman–Crippen MR) is 42.3 cm³/mol. The van der Waals surface area contributed by atoms with Gasteiger partial charge in [-0.3, -0.25) is 8.42 Å². The summed E-state index contributed by atoms with van der Waals surface area (Å²) in [6, 6.07) is 0. The molecule has 0 aromatic carbocycles. The monoisotopic (exact) mass is 414 g/mol. The van der Waals surface area contributed by atoms with Gasteiger partial charge >= 0.3 is 44.9 Å². The van der Waals surface area contributed by atoms with Crippen molar-refractivity contribution >= 4 is 28.3 Å². The molecule has 20 heavy (non-hydrogen) atoms. The minimum absolute atomic E-state index is 0. The quantitative estimate of drug-likeness (QED) is 0.245. The summed E-state index contributed by atoms with van der Waals surface area (Å²) < 4.78 is 34.1. The maximum absolute atomic E-state index is 10.3. The maximum Gasteiger partial charge on any atom is 2.00 e. The number of hydrogen-bond donors (Lipinski definition) is 2. The van der Waals surface area contributed by atoms with Crippen LogP contribution < -0.4 is 10.2 Å². The SMILES string of the molecule is O=C([O-])CC(O)(CC(=O)[O-])C(=O)O.O=S(=O)([O-])[O-].[Zn+2].[Zn+2]. The van der Waals surface area contributed by atoms with Crippen LogP contribution >= 0.6 is 0 Å². The summed E-state index contributed by atoms with van der Waals surface area (Å²) in [6.07, 6.45) is -2.59. The van der Waals surface area contributed by atoms with Crippen LogP contribution in [0.3, 0.4) is 0 Å². The third kappa shape index (κ3) is 19.8. The first kappa shape index (κ1) is 27.8. The molecule has 0 amide bonds. The first-order chi connectivity index (χ1) is 7.78. The number of carboxylic acids is 3. The van der Waals surface area contributed by atoms with E-state index < -0.39 is 46.7 Å². The summed E-state index contributed by atoms with van der Waals surface area (Å²) in [6.45, 7) is 0. The Hall–Kier alpha value is -0.513. The van der Waals surface area contributed by atoms with E-state index in [1.807, 2.05) is 0 Å². The second-order valence-corrected chi connectivity index (χ2v) is 3.66. The standard InChI is InChI=1S/C6H8O7.H2O4S.2Zn/c7-3(8)1-6(13,5(11)12)2-4(9)10;1-5(2,3)4;;/h13H,1-2H2,(H,7,8)(H,9,10)(H,11,12);(H2,1,2,3,4);;/q;;2*+2/p-4. The Morgan fingerprint density at radius 3 is 1.25 bits per heavy atom. The average molecular weight is 417 g/mol. The Balaban J connectivity index is -0.000000158. The van der Waals surface area contributed by atoms with E-state index in [0.717, 1.165) is 0 Å². The molecule has 2 N–H and O–H groups in total. The summed E-state index contributed by atoms with van der Waals surface area (Å²) in [5.41, 5.74) is -2.86. The van der Waals surface area contributed by atoms with E-state index in [4.69, 9.17) is 27.7 Å². The van der Waals surface area contributed by atoms with Crippen LogP contribution in [0.2, 0.25) is 0 Å². The zero-order valence-corrected chi connectivity index (χ0v) is 16.6. The van der Waals surface area contributed by atoms with Crippen LogP contribution in [0, 0.1) is 0 Å². The molecule has 0 bridgehead atoms. The smallest absolute Gasteiger partial charge is 0.759 e. The van der Waals surface area contributed by atoms with Crippen LogP contribution in [0.1, 0.15) is 12.8 Å². The fraction of sp³-hybridized carbons (Fsp3) is 0.500. The number of carbonyl (C=O) groups is 3. The molecule has 106 valence electrons. The van der Waals surface area contributed by atoms with Gasteiger partial charge in [-0.25, -0.2) is 4.79 Å². The number of rotatable bonds is 5. The molecule has 0 atom stereocenters. The molecule has 0 saturated heterocycles. The molecule has 0 aliphatic heterocycles. The van der Waals surface area contributed by atoms with Crippen molar-refractivity contribution in [2.75, 3.05) is 0 Å². The second-order valence-electron chi connectivity index (χ2n) is 2.84. The molecule has 0 spiro atoms. The van der Waals surface area contributed by atoms with Gasteiger partial charge in [0.15, 0.2) is 5.60 Å². The van der Waals surface area contributed by atoms with Crippen molar-refractivity contribution in [2.45, 2.75) is 18.4 Å². The molecule has 0 aliphatic rings. The van der Waals surface area contributed by atoms with Crippen molar-refractivity contribution in [3.05, 3.63) is 0 Å². The van der Waals surface area contributed by atoms with E-state index >= 15 is 0 Å². The fourth-order valence-electron chi connectivity index (χ4n) is 0.691. The average Bonchev–Trinajstić information content (AvgIpc) is 1.95. The van der Waals surface area contributed by atoms with Crippen LogP contribution in [0.5, 0.6) is 0 Å². The molecule has 0 aliphatic carbocycles. The third-order valence-electron chi connectivity index (χ3n) is 1.27. The van der Waals surface area contributed by atoms with Gasteiger partial charge in [0.2, 0.25) is 0 Å². The summed E-state index contributed by atoms with van der Waals surface area (Å²) in [5, 5.41) is 37.2. The van der Waals surface area contributed by atoms with Crippen LogP contribution in [-0.4, -0.2) is 51.2 Å². The molecule has 0 saturated carbocycles. The van der Waals surface area contributed by atoms with E-state index in [1.54, 1.807) is 0 Å². The summed E-state index contributed by atoms with van der Waals surface area (Å²) in [4.78, 5) is 30.2. The Labute approximate surface area is 138 Å². The van der Waals surface area contributed by atoms with E-state index in [0.29, 0.717) is 0 Å². The molecule has 11 nitrogen and oxygen atoms in total. The van der Waals surface area contributed by atoms with Gasteiger partial charge in [-0.1, -0.05) is 0 Å². The van der Waals surface area contributed by atoms with Crippen LogP contribution in [0.4, 0.5) is 0 Å². The van der Waals surface area contributed by atoms with Crippen molar-refractivity contribution in [3.8, 4) is 0 Å². The van der Waals surface area contributed by atoms with Gasteiger partial charge in [0.1, 0.15) is 0 Å². The molecule has 0 heterocycles. The van der Waals surface area contributed by atoms with Gasteiger partial charge in [0.05, 0.1) is 0 Å². The number of hydrogen-bond acceptors (Lipinski definition) is 10. The second kappa shape index (κ2) is 11.2. The van der Waals surface area contributed by atoms with Crippen molar-refractivity contribution in [2.24, 2.45) is 0 Å². The number of carboxylic acid groups (broad SMARTS) is 3. The van der Waals surface area contributed by atoms with Crippen molar-refractivity contribution in [1.29, 1.82) is 0 Å². The Morgan fingerprint density at radius 1 is 0.950 bits per heavy atom. The zero-order chi connectivity index (χ0) is 15.1. The molecule has 0 fully saturated rings. The molecule has 0 unspecified atom stereocenters. The minimum atomic E-state index is -5.17. The maximum atomic E-state index is 10.3. The largest absolute Gasteiger partial charge is 2.00 e. The van der Waals surface area contributed by atoms with E-state index in [1.165, 1.54) is 0 Å². The van der Waals surface area contributed by atoms with Gasteiger partial charge in [-0.05, 0) is 0 Å². The summed E-state index contributed by atoms with van der Waals surface area (Å²) in [5.74, 6) is -5.65. The van der Waals surface area contributed by atoms with Crippen LogP contribution in [0.15, 0.2) is 0 Å². The number of aliphatic carboxylic acids is 3. The van der Waals surface area contributed by atoms with Crippen LogP contribution in [0.25, 0.3) is 0 Å². The molecule has 14 heteroatoms.